The molecule has 0 radical (unpaired) electrons. The molecule has 1 aromatic rings. The SMILES string of the molecule is C=CCCCC(=O)C1CNc2ccccc2O1. The first-order chi connectivity index (χ1) is 8.31. The van der Waals surface area contributed by atoms with Crippen LogP contribution in [0.25, 0.3) is 0 Å². The summed E-state index contributed by atoms with van der Waals surface area (Å²) < 4.78 is 5.69. The van der Waals surface area contributed by atoms with Crippen molar-refractivity contribution in [2.45, 2.75) is 25.4 Å². The Bertz CT molecular complexity index is 414. The molecule has 0 fully saturated rings. The fourth-order valence-electron chi connectivity index (χ4n) is 1.87. The van der Waals surface area contributed by atoms with Crippen molar-refractivity contribution >= 4 is 11.5 Å². The maximum Gasteiger partial charge on any atom is 0.175 e. The third-order valence-corrected chi connectivity index (χ3v) is 2.82. The molecule has 0 bridgehead atoms. The highest BCUT2D eigenvalue weighted by atomic mass is 16.5. The minimum Gasteiger partial charge on any atom is -0.479 e. The van der Waals surface area contributed by atoms with Gasteiger partial charge >= 0.3 is 0 Å². The van der Waals surface area contributed by atoms with Crippen LogP contribution in [0.5, 0.6) is 5.75 Å². The van der Waals surface area contributed by atoms with E-state index in [-0.39, 0.29) is 11.9 Å². The fourth-order valence-corrected chi connectivity index (χ4v) is 1.87. The van der Waals surface area contributed by atoms with Crippen LogP contribution in [0.3, 0.4) is 0 Å². The third-order valence-electron chi connectivity index (χ3n) is 2.82. The number of carbonyl (C=O) groups is 1. The van der Waals surface area contributed by atoms with Gasteiger partial charge in [0.25, 0.3) is 0 Å². The van der Waals surface area contributed by atoms with Gasteiger partial charge < -0.3 is 10.1 Å². The van der Waals surface area contributed by atoms with E-state index in [1.54, 1.807) is 0 Å². The first-order valence-corrected chi connectivity index (χ1v) is 5.94. The van der Waals surface area contributed by atoms with Gasteiger partial charge in [-0.3, -0.25) is 4.79 Å². The standard InChI is InChI=1S/C14H17NO2/c1-2-3-4-8-12(16)14-10-15-11-7-5-6-9-13(11)17-14/h2,5-7,9,14-15H,1,3-4,8,10H2. The number of ether oxygens (including phenoxy) is 1. The maximum absolute atomic E-state index is 11.9. The zero-order chi connectivity index (χ0) is 12.1. The van der Waals surface area contributed by atoms with Crippen LogP contribution in [-0.2, 0) is 4.79 Å². The summed E-state index contributed by atoms with van der Waals surface area (Å²) >= 11 is 0. The summed E-state index contributed by atoms with van der Waals surface area (Å²) in [6.45, 7) is 4.20. The van der Waals surface area contributed by atoms with Crippen molar-refractivity contribution in [3.8, 4) is 5.75 Å². The number of hydrogen-bond donors (Lipinski definition) is 1. The highest BCUT2D eigenvalue weighted by Crippen LogP contribution is 2.28. The largest absolute Gasteiger partial charge is 0.479 e. The molecule has 1 unspecified atom stereocenters. The van der Waals surface area contributed by atoms with E-state index in [0.717, 1.165) is 24.3 Å². The number of unbranched alkanes of at least 4 members (excludes halogenated alkanes) is 1. The normalized spacial score (nSPS) is 17.5. The average molecular weight is 231 g/mol. The van der Waals surface area contributed by atoms with E-state index < -0.39 is 0 Å². The molecule has 1 aliphatic rings. The maximum atomic E-state index is 11.9. The third kappa shape index (κ3) is 2.87. The topological polar surface area (TPSA) is 38.3 Å². The summed E-state index contributed by atoms with van der Waals surface area (Å²) in [5.41, 5.74) is 0.961. The molecule has 90 valence electrons. The Morgan fingerprint density at radius 3 is 3.18 bits per heavy atom. The summed E-state index contributed by atoms with van der Waals surface area (Å²) in [7, 11) is 0. The van der Waals surface area contributed by atoms with Gasteiger partial charge in [0.1, 0.15) is 5.75 Å². The van der Waals surface area contributed by atoms with E-state index in [9.17, 15) is 4.79 Å². The van der Waals surface area contributed by atoms with Gasteiger partial charge in [0.05, 0.1) is 12.2 Å². The van der Waals surface area contributed by atoms with Crippen LogP contribution in [0, 0.1) is 0 Å². The molecule has 3 heteroatoms. The number of benzene rings is 1. The molecule has 0 amide bonds. The predicted octanol–water partition coefficient (Wildman–Crippen LogP) is 2.78. The second-order valence-electron chi connectivity index (χ2n) is 4.13. The van der Waals surface area contributed by atoms with Crippen LogP contribution < -0.4 is 10.1 Å². The van der Waals surface area contributed by atoms with E-state index in [4.69, 9.17) is 4.74 Å². The Morgan fingerprint density at radius 1 is 1.53 bits per heavy atom. The number of carbonyl (C=O) groups excluding carboxylic acids is 1. The van der Waals surface area contributed by atoms with Crippen LogP contribution in [0.2, 0.25) is 0 Å². The van der Waals surface area contributed by atoms with Gasteiger partial charge in [-0.15, -0.1) is 6.58 Å². The molecule has 1 N–H and O–H groups in total. The first-order valence-electron chi connectivity index (χ1n) is 5.94. The average Bonchev–Trinajstić information content (AvgIpc) is 2.38. The lowest BCUT2D eigenvalue weighted by molar-refractivity contribution is -0.125. The number of nitrogens with one attached hydrogen (secondary N) is 1. The van der Waals surface area contributed by atoms with Gasteiger partial charge in [0.15, 0.2) is 11.9 Å². The smallest absolute Gasteiger partial charge is 0.175 e. The number of anilines is 1. The minimum absolute atomic E-state index is 0.161. The summed E-state index contributed by atoms with van der Waals surface area (Å²) in [5.74, 6) is 0.926. The van der Waals surface area contributed by atoms with Gasteiger partial charge in [0, 0.05) is 6.42 Å². The second kappa shape index (κ2) is 5.53. The number of allylic oxidation sites excluding steroid dienone is 1. The van der Waals surface area contributed by atoms with E-state index in [1.807, 2.05) is 30.3 Å². The molecule has 17 heavy (non-hydrogen) atoms. The second-order valence-corrected chi connectivity index (χ2v) is 4.13. The number of Topliss-reactive ketones (excluding diaryl/α,β-unsaturated/α-hetero) is 1. The Hall–Kier alpha value is -1.77. The summed E-state index contributed by atoms with van der Waals surface area (Å²) in [5, 5.41) is 3.22. The first kappa shape index (κ1) is 11.7. The van der Waals surface area contributed by atoms with Gasteiger partial charge in [-0.05, 0) is 25.0 Å². The Balaban J connectivity index is 1.93. The molecule has 0 aromatic heterocycles. The number of fused-ring (bicyclic) bond motifs is 1. The monoisotopic (exact) mass is 231 g/mol. The van der Waals surface area contributed by atoms with Crippen LogP contribution in [0.4, 0.5) is 5.69 Å². The molecular formula is C14H17NO2. The van der Waals surface area contributed by atoms with Crippen LogP contribution >= 0.6 is 0 Å². The van der Waals surface area contributed by atoms with Crippen molar-refractivity contribution in [2.24, 2.45) is 0 Å². The van der Waals surface area contributed by atoms with Crippen molar-refractivity contribution in [3.63, 3.8) is 0 Å². The molecule has 0 aliphatic carbocycles. The molecule has 1 aliphatic heterocycles. The van der Waals surface area contributed by atoms with Crippen molar-refractivity contribution in [2.75, 3.05) is 11.9 Å². The quantitative estimate of drug-likeness (QED) is 0.625. The number of rotatable bonds is 5. The van der Waals surface area contributed by atoms with Crippen molar-refractivity contribution in [1.29, 1.82) is 0 Å². The lowest BCUT2D eigenvalue weighted by Crippen LogP contribution is -2.37. The zero-order valence-corrected chi connectivity index (χ0v) is 9.82. The lowest BCUT2D eigenvalue weighted by atomic mass is 10.1. The van der Waals surface area contributed by atoms with Gasteiger partial charge in [-0.2, -0.15) is 0 Å². The van der Waals surface area contributed by atoms with E-state index >= 15 is 0 Å². The fraction of sp³-hybridized carbons (Fsp3) is 0.357. The number of ketones is 1. The molecule has 1 heterocycles. The highest BCUT2D eigenvalue weighted by molar-refractivity contribution is 5.85. The Morgan fingerprint density at radius 2 is 2.35 bits per heavy atom. The lowest BCUT2D eigenvalue weighted by Gasteiger charge is -2.26. The van der Waals surface area contributed by atoms with E-state index in [2.05, 4.69) is 11.9 Å². The predicted molar refractivity (Wildman–Crippen MR) is 68.4 cm³/mol. The molecule has 0 saturated heterocycles. The van der Waals surface area contributed by atoms with Crippen LogP contribution in [0.15, 0.2) is 36.9 Å². The Labute approximate surface area is 101 Å². The van der Waals surface area contributed by atoms with Gasteiger partial charge in [-0.1, -0.05) is 18.2 Å². The highest BCUT2D eigenvalue weighted by Gasteiger charge is 2.24. The van der Waals surface area contributed by atoms with Gasteiger partial charge in [-0.25, -0.2) is 0 Å². The van der Waals surface area contributed by atoms with Gasteiger partial charge in [0.2, 0.25) is 0 Å². The van der Waals surface area contributed by atoms with E-state index in [1.165, 1.54) is 0 Å². The summed E-state index contributed by atoms with van der Waals surface area (Å²) in [6, 6.07) is 7.69. The minimum atomic E-state index is -0.352. The summed E-state index contributed by atoms with van der Waals surface area (Å²) in [6.07, 6.45) is 3.77. The molecule has 1 atom stereocenters. The van der Waals surface area contributed by atoms with Crippen LogP contribution in [-0.4, -0.2) is 18.4 Å². The molecule has 1 aromatic carbocycles. The molecule has 2 rings (SSSR count). The van der Waals surface area contributed by atoms with E-state index in [0.29, 0.717) is 13.0 Å². The van der Waals surface area contributed by atoms with Crippen molar-refractivity contribution in [3.05, 3.63) is 36.9 Å². The van der Waals surface area contributed by atoms with Crippen LogP contribution in [0.1, 0.15) is 19.3 Å². The number of hydrogen-bond acceptors (Lipinski definition) is 3. The van der Waals surface area contributed by atoms with Crippen molar-refractivity contribution < 1.29 is 9.53 Å². The molecule has 0 spiro atoms. The summed E-state index contributed by atoms with van der Waals surface area (Å²) in [4.78, 5) is 11.9. The molecular weight excluding hydrogens is 214 g/mol. The zero-order valence-electron chi connectivity index (χ0n) is 9.82. The molecule has 3 nitrogen and oxygen atoms in total. The van der Waals surface area contributed by atoms with Crippen molar-refractivity contribution in [1.82, 2.24) is 0 Å². The number of para-hydroxylation sites is 2. The molecule has 0 saturated carbocycles. The Kier molecular flexibility index (Phi) is 3.81.